The molecule has 2 saturated heterocycles. The van der Waals surface area contributed by atoms with E-state index in [0.717, 1.165) is 52.6 Å². The van der Waals surface area contributed by atoms with Crippen LogP contribution in [0.25, 0.3) is 0 Å². The van der Waals surface area contributed by atoms with Crippen molar-refractivity contribution in [3.8, 4) is 0 Å². The van der Waals surface area contributed by atoms with Gasteiger partial charge < -0.3 is 14.6 Å². The smallest absolute Gasteiger partial charge is 0.125 e. The zero-order valence-corrected chi connectivity index (χ0v) is 11.5. The van der Waals surface area contributed by atoms with Crippen LogP contribution >= 0.6 is 0 Å². The second-order valence-corrected chi connectivity index (χ2v) is 6.37. The Balaban J connectivity index is 1.36. The van der Waals surface area contributed by atoms with Gasteiger partial charge in [0.2, 0.25) is 0 Å². The first kappa shape index (κ1) is 12.5. The molecule has 0 aromatic rings. The van der Waals surface area contributed by atoms with Gasteiger partial charge in [0.1, 0.15) is 5.72 Å². The Hall–Kier alpha value is -0.200. The molecule has 5 nitrogen and oxygen atoms in total. The number of hydrogen-bond acceptors (Lipinski definition) is 5. The highest BCUT2D eigenvalue weighted by Gasteiger charge is 2.70. The summed E-state index contributed by atoms with van der Waals surface area (Å²) in [6.07, 6.45) is 2.33. The van der Waals surface area contributed by atoms with Gasteiger partial charge in [0.25, 0.3) is 0 Å². The fraction of sp³-hybridized carbons (Fsp3) is 1.00. The van der Waals surface area contributed by atoms with Gasteiger partial charge in [-0.2, -0.15) is 0 Å². The number of ether oxygens (including phenoxy) is 2. The van der Waals surface area contributed by atoms with Crippen molar-refractivity contribution in [1.82, 2.24) is 9.80 Å². The Morgan fingerprint density at radius 3 is 1.95 bits per heavy atom. The Kier molecular flexibility index (Phi) is 3.08. The van der Waals surface area contributed by atoms with Crippen LogP contribution in [0.15, 0.2) is 0 Å². The van der Waals surface area contributed by atoms with E-state index in [9.17, 15) is 5.11 Å². The summed E-state index contributed by atoms with van der Waals surface area (Å²) in [5, 5.41) is 10.9. The third-order valence-electron chi connectivity index (χ3n) is 5.60. The molecule has 0 bridgehead atoms. The highest BCUT2D eigenvalue weighted by atomic mass is 16.5. The molecule has 2 saturated carbocycles. The Labute approximate surface area is 114 Å². The summed E-state index contributed by atoms with van der Waals surface area (Å²) in [5.74, 6) is 0.997. The average Bonchev–Trinajstić information content (AvgIpc) is 2.87. The van der Waals surface area contributed by atoms with Crippen LogP contribution in [0.3, 0.4) is 0 Å². The summed E-state index contributed by atoms with van der Waals surface area (Å²) in [7, 11) is 0. The van der Waals surface area contributed by atoms with Crippen molar-refractivity contribution in [3.05, 3.63) is 0 Å². The lowest BCUT2D eigenvalue weighted by Gasteiger charge is -2.38. The first-order valence-electron chi connectivity index (χ1n) is 7.67. The van der Waals surface area contributed by atoms with Crippen molar-refractivity contribution in [1.29, 1.82) is 0 Å². The fourth-order valence-electron chi connectivity index (χ4n) is 4.49. The Morgan fingerprint density at radius 1 is 0.842 bits per heavy atom. The number of nitrogens with zero attached hydrogens (tertiary/aromatic N) is 2. The Bertz CT molecular complexity index is 328. The standard InChI is InChI=1S/C14H24N2O3/c17-14(16-3-7-19-8-4-16)12-9-11(10-13(12)14)15-1-5-18-6-2-15/h11-13,17H,1-10H2. The van der Waals surface area contributed by atoms with Gasteiger partial charge in [0.05, 0.1) is 26.4 Å². The van der Waals surface area contributed by atoms with Crippen molar-refractivity contribution in [2.24, 2.45) is 11.8 Å². The van der Waals surface area contributed by atoms with Gasteiger partial charge in [-0.05, 0) is 12.8 Å². The molecule has 19 heavy (non-hydrogen) atoms. The van der Waals surface area contributed by atoms with Crippen LogP contribution in [0.1, 0.15) is 12.8 Å². The van der Waals surface area contributed by atoms with Gasteiger partial charge in [-0.3, -0.25) is 9.80 Å². The van der Waals surface area contributed by atoms with Crippen molar-refractivity contribution in [2.45, 2.75) is 24.6 Å². The number of hydrogen-bond donors (Lipinski definition) is 1. The summed E-state index contributed by atoms with van der Waals surface area (Å²) in [6, 6.07) is 0.681. The topological polar surface area (TPSA) is 45.2 Å². The number of aliphatic hydroxyl groups is 1. The Morgan fingerprint density at radius 2 is 1.37 bits per heavy atom. The maximum atomic E-state index is 10.9. The molecule has 0 aromatic heterocycles. The predicted octanol–water partition coefficient (Wildman–Crippen LogP) is -0.252. The zero-order chi connectivity index (χ0) is 12.9. The molecule has 1 N–H and O–H groups in total. The molecule has 2 atom stereocenters. The van der Waals surface area contributed by atoms with Crippen LogP contribution in [0.4, 0.5) is 0 Å². The first-order valence-corrected chi connectivity index (χ1v) is 7.67. The molecule has 0 radical (unpaired) electrons. The lowest BCUT2D eigenvalue weighted by atomic mass is 10.1. The number of rotatable bonds is 2. The van der Waals surface area contributed by atoms with E-state index in [1.165, 1.54) is 12.8 Å². The first-order chi connectivity index (χ1) is 9.30. The lowest BCUT2D eigenvalue weighted by molar-refractivity contribution is -0.103. The van der Waals surface area contributed by atoms with Crippen LogP contribution in [-0.4, -0.2) is 79.3 Å². The fourth-order valence-corrected chi connectivity index (χ4v) is 4.49. The van der Waals surface area contributed by atoms with Crippen LogP contribution in [0.5, 0.6) is 0 Å². The monoisotopic (exact) mass is 268 g/mol. The van der Waals surface area contributed by atoms with Gasteiger partial charge in [0, 0.05) is 44.1 Å². The minimum atomic E-state index is -0.493. The molecule has 108 valence electrons. The van der Waals surface area contributed by atoms with E-state index < -0.39 is 5.72 Å². The maximum Gasteiger partial charge on any atom is 0.125 e. The summed E-state index contributed by atoms with van der Waals surface area (Å²) in [4.78, 5) is 4.83. The van der Waals surface area contributed by atoms with Crippen LogP contribution in [-0.2, 0) is 9.47 Å². The van der Waals surface area contributed by atoms with E-state index in [1.807, 2.05) is 0 Å². The molecule has 4 rings (SSSR count). The van der Waals surface area contributed by atoms with Crippen LogP contribution in [0.2, 0.25) is 0 Å². The van der Waals surface area contributed by atoms with Gasteiger partial charge in [-0.25, -0.2) is 0 Å². The molecule has 0 spiro atoms. The quantitative estimate of drug-likeness (QED) is 0.748. The highest BCUT2D eigenvalue weighted by molar-refractivity contribution is 5.17. The van der Waals surface area contributed by atoms with Gasteiger partial charge in [-0.1, -0.05) is 0 Å². The molecule has 5 heteroatoms. The second-order valence-electron chi connectivity index (χ2n) is 6.37. The van der Waals surface area contributed by atoms with E-state index in [4.69, 9.17) is 9.47 Å². The van der Waals surface area contributed by atoms with Crippen molar-refractivity contribution >= 4 is 0 Å². The second kappa shape index (κ2) is 4.67. The molecule has 0 amide bonds. The normalized spacial score (nSPS) is 48.2. The lowest BCUT2D eigenvalue weighted by Crippen LogP contribution is -2.50. The largest absolute Gasteiger partial charge is 0.379 e. The van der Waals surface area contributed by atoms with Crippen molar-refractivity contribution in [2.75, 3.05) is 52.6 Å². The molecule has 2 heterocycles. The predicted molar refractivity (Wildman–Crippen MR) is 69.7 cm³/mol. The molecular formula is C14H24N2O3. The zero-order valence-electron chi connectivity index (χ0n) is 11.5. The van der Waals surface area contributed by atoms with Gasteiger partial charge in [-0.15, -0.1) is 0 Å². The molecule has 4 fully saturated rings. The molecule has 2 unspecified atom stereocenters. The maximum absolute atomic E-state index is 10.9. The van der Waals surface area contributed by atoms with E-state index in [0.29, 0.717) is 17.9 Å². The van der Waals surface area contributed by atoms with Gasteiger partial charge >= 0.3 is 0 Å². The van der Waals surface area contributed by atoms with Crippen molar-refractivity contribution in [3.63, 3.8) is 0 Å². The average molecular weight is 268 g/mol. The third-order valence-corrected chi connectivity index (χ3v) is 5.60. The van der Waals surface area contributed by atoms with E-state index in [1.54, 1.807) is 0 Å². The van der Waals surface area contributed by atoms with Crippen molar-refractivity contribution < 1.29 is 14.6 Å². The van der Waals surface area contributed by atoms with Crippen LogP contribution < -0.4 is 0 Å². The SMILES string of the molecule is OC1(N2CCOCC2)C2CC(N3CCOCC3)CC21. The molecular weight excluding hydrogens is 244 g/mol. The molecule has 2 aliphatic heterocycles. The summed E-state index contributed by atoms with van der Waals surface area (Å²) >= 11 is 0. The summed E-state index contributed by atoms with van der Waals surface area (Å²) < 4.78 is 10.8. The third kappa shape index (κ3) is 1.94. The highest BCUT2D eigenvalue weighted by Crippen LogP contribution is 2.62. The minimum Gasteiger partial charge on any atom is -0.379 e. The van der Waals surface area contributed by atoms with E-state index in [2.05, 4.69) is 9.80 Å². The summed E-state index contributed by atoms with van der Waals surface area (Å²) in [5.41, 5.74) is -0.493. The summed E-state index contributed by atoms with van der Waals surface area (Å²) in [6.45, 7) is 7.22. The molecule has 0 aromatic carbocycles. The van der Waals surface area contributed by atoms with E-state index >= 15 is 0 Å². The van der Waals surface area contributed by atoms with E-state index in [-0.39, 0.29) is 0 Å². The molecule has 2 aliphatic carbocycles. The number of fused-ring (bicyclic) bond motifs is 1. The molecule has 4 aliphatic rings. The number of morpholine rings is 2. The van der Waals surface area contributed by atoms with Gasteiger partial charge in [0.15, 0.2) is 0 Å². The van der Waals surface area contributed by atoms with Crippen LogP contribution in [0, 0.1) is 11.8 Å². The minimum absolute atomic E-state index is 0.493.